The van der Waals surface area contributed by atoms with Gasteiger partial charge in [-0.25, -0.2) is 4.39 Å². The van der Waals surface area contributed by atoms with Gasteiger partial charge in [0, 0.05) is 6.54 Å². The molecule has 1 amide bonds. The van der Waals surface area contributed by atoms with Gasteiger partial charge in [-0.05, 0) is 24.6 Å². The van der Waals surface area contributed by atoms with Crippen molar-refractivity contribution in [2.45, 2.75) is 19.8 Å². The number of halogens is 1. The van der Waals surface area contributed by atoms with E-state index in [4.69, 9.17) is 11.5 Å². The Morgan fingerprint density at radius 1 is 1.47 bits per heavy atom. The van der Waals surface area contributed by atoms with Crippen molar-refractivity contribution in [3.63, 3.8) is 0 Å². The van der Waals surface area contributed by atoms with Crippen molar-refractivity contribution in [3.8, 4) is 0 Å². The van der Waals surface area contributed by atoms with Crippen molar-refractivity contribution in [1.82, 2.24) is 0 Å². The first-order chi connectivity index (χ1) is 8.04. The van der Waals surface area contributed by atoms with Crippen molar-refractivity contribution >= 4 is 17.3 Å². The molecule has 0 aromatic heterocycles. The zero-order valence-corrected chi connectivity index (χ0v) is 9.95. The summed E-state index contributed by atoms with van der Waals surface area (Å²) < 4.78 is 13.2. The maximum atomic E-state index is 13.2. The van der Waals surface area contributed by atoms with Gasteiger partial charge in [-0.1, -0.05) is 13.3 Å². The van der Waals surface area contributed by atoms with Crippen LogP contribution in [0.3, 0.4) is 0 Å². The van der Waals surface area contributed by atoms with E-state index in [2.05, 4.69) is 0 Å². The van der Waals surface area contributed by atoms with Crippen LogP contribution in [0.25, 0.3) is 0 Å². The van der Waals surface area contributed by atoms with E-state index in [9.17, 15) is 9.18 Å². The molecule has 4 N–H and O–H groups in total. The van der Waals surface area contributed by atoms with Crippen LogP contribution in [0.5, 0.6) is 0 Å². The number of primary amides is 1. The highest BCUT2D eigenvalue weighted by Gasteiger charge is 2.12. The molecular formula is C12H18FN3O. The molecule has 1 aromatic rings. The first kappa shape index (κ1) is 13.3. The van der Waals surface area contributed by atoms with E-state index in [1.54, 1.807) is 4.90 Å². The number of hydrogen-bond acceptors (Lipinski definition) is 3. The fraction of sp³-hybridized carbons (Fsp3) is 0.417. The molecule has 0 spiro atoms. The van der Waals surface area contributed by atoms with E-state index in [1.165, 1.54) is 18.2 Å². The zero-order valence-electron chi connectivity index (χ0n) is 9.95. The number of hydrogen-bond donors (Lipinski definition) is 2. The van der Waals surface area contributed by atoms with Crippen LogP contribution in [0.4, 0.5) is 15.8 Å². The molecule has 94 valence electrons. The van der Waals surface area contributed by atoms with Crippen molar-refractivity contribution in [2.24, 2.45) is 5.73 Å². The molecule has 4 nitrogen and oxygen atoms in total. The lowest BCUT2D eigenvalue weighted by atomic mass is 10.2. The third-order valence-corrected chi connectivity index (χ3v) is 2.46. The summed E-state index contributed by atoms with van der Waals surface area (Å²) in [4.78, 5) is 12.7. The molecule has 0 fully saturated rings. The Kier molecular flexibility index (Phi) is 4.75. The van der Waals surface area contributed by atoms with Gasteiger partial charge in [0.1, 0.15) is 5.82 Å². The van der Waals surface area contributed by atoms with E-state index in [0.717, 1.165) is 12.8 Å². The average Bonchev–Trinajstić information content (AvgIpc) is 2.27. The molecule has 5 heteroatoms. The molecule has 0 aliphatic rings. The first-order valence-corrected chi connectivity index (χ1v) is 5.63. The second kappa shape index (κ2) is 6.08. The fourth-order valence-corrected chi connectivity index (χ4v) is 1.61. The second-order valence-corrected chi connectivity index (χ2v) is 3.94. The van der Waals surface area contributed by atoms with Crippen molar-refractivity contribution in [2.75, 3.05) is 23.7 Å². The molecule has 1 aromatic carbocycles. The number of nitrogen functional groups attached to an aromatic ring is 1. The monoisotopic (exact) mass is 239 g/mol. The normalized spacial score (nSPS) is 10.2. The average molecular weight is 239 g/mol. The molecule has 1 rings (SSSR count). The van der Waals surface area contributed by atoms with Gasteiger partial charge < -0.3 is 16.4 Å². The van der Waals surface area contributed by atoms with Crippen LogP contribution in [-0.4, -0.2) is 19.0 Å². The zero-order chi connectivity index (χ0) is 12.8. The Labute approximate surface area is 100 Å². The summed E-state index contributed by atoms with van der Waals surface area (Å²) in [6.45, 7) is 2.72. The minimum absolute atomic E-state index is 0.0493. The Morgan fingerprint density at radius 2 is 2.18 bits per heavy atom. The smallest absolute Gasteiger partial charge is 0.236 e. The number of carbonyl (C=O) groups excluding carboxylic acids is 1. The molecule has 0 aliphatic heterocycles. The highest BCUT2D eigenvalue weighted by molar-refractivity contribution is 5.81. The second-order valence-electron chi connectivity index (χ2n) is 3.94. The van der Waals surface area contributed by atoms with Crippen LogP contribution in [0.1, 0.15) is 19.8 Å². The molecule has 0 heterocycles. The lowest BCUT2D eigenvalue weighted by Gasteiger charge is -2.24. The van der Waals surface area contributed by atoms with Gasteiger partial charge in [0.15, 0.2) is 0 Å². The molecule has 0 saturated carbocycles. The first-order valence-electron chi connectivity index (χ1n) is 5.63. The van der Waals surface area contributed by atoms with Crippen LogP contribution in [0.15, 0.2) is 18.2 Å². The minimum atomic E-state index is -0.454. The summed E-state index contributed by atoms with van der Waals surface area (Å²) in [5, 5.41) is 0. The van der Waals surface area contributed by atoms with E-state index in [0.29, 0.717) is 17.9 Å². The van der Waals surface area contributed by atoms with E-state index in [-0.39, 0.29) is 12.4 Å². The van der Waals surface area contributed by atoms with Gasteiger partial charge in [-0.3, -0.25) is 4.79 Å². The molecular weight excluding hydrogens is 221 g/mol. The summed E-state index contributed by atoms with van der Waals surface area (Å²) in [5.74, 6) is -0.829. The molecule has 17 heavy (non-hydrogen) atoms. The summed E-state index contributed by atoms with van der Waals surface area (Å²) in [7, 11) is 0. The molecule has 0 saturated heterocycles. The van der Waals surface area contributed by atoms with Gasteiger partial charge in [0.2, 0.25) is 5.91 Å². The molecule has 0 unspecified atom stereocenters. The number of carbonyl (C=O) groups is 1. The van der Waals surface area contributed by atoms with Gasteiger partial charge in [0.25, 0.3) is 0 Å². The molecule has 0 atom stereocenters. The van der Waals surface area contributed by atoms with Crippen LogP contribution < -0.4 is 16.4 Å². The van der Waals surface area contributed by atoms with Crippen molar-refractivity contribution in [1.29, 1.82) is 0 Å². The van der Waals surface area contributed by atoms with Crippen molar-refractivity contribution < 1.29 is 9.18 Å². The summed E-state index contributed by atoms with van der Waals surface area (Å²) in [6.07, 6.45) is 1.87. The number of benzene rings is 1. The number of nitrogens with zero attached hydrogens (tertiary/aromatic N) is 1. The lowest BCUT2D eigenvalue weighted by molar-refractivity contribution is -0.116. The number of anilines is 2. The highest BCUT2D eigenvalue weighted by atomic mass is 19.1. The standard InChI is InChI=1S/C12H18FN3O/c1-2-3-6-16(8-12(15)17)11-7-9(13)4-5-10(11)14/h4-5,7H,2-3,6,8,14H2,1H3,(H2,15,17). The van der Waals surface area contributed by atoms with Crippen LogP contribution >= 0.6 is 0 Å². The quantitative estimate of drug-likeness (QED) is 0.739. The number of unbranched alkanes of at least 4 members (excludes halogenated alkanes) is 1. The Bertz CT molecular complexity index is 395. The highest BCUT2D eigenvalue weighted by Crippen LogP contribution is 2.24. The number of nitrogens with two attached hydrogens (primary N) is 2. The van der Waals surface area contributed by atoms with Gasteiger partial charge in [0.05, 0.1) is 17.9 Å². The number of amides is 1. The summed E-state index contributed by atoms with van der Waals surface area (Å²) in [6, 6.07) is 4.11. The minimum Gasteiger partial charge on any atom is -0.397 e. The molecule has 0 aliphatic carbocycles. The molecule has 0 bridgehead atoms. The van der Waals surface area contributed by atoms with Gasteiger partial charge in [-0.2, -0.15) is 0 Å². The Hall–Kier alpha value is -1.78. The maximum absolute atomic E-state index is 13.2. The van der Waals surface area contributed by atoms with Crippen molar-refractivity contribution in [3.05, 3.63) is 24.0 Å². The summed E-state index contributed by atoms with van der Waals surface area (Å²) in [5.41, 5.74) is 11.9. The Morgan fingerprint density at radius 3 is 2.76 bits per heavy atom. The molecule has 0 radical (unpaired) electrons. The SMILES string of the molecule is CCCCN(CC(N)=O)c1cc(F)ccc1N. The Balaban J connectivity index is 2.93. The lowest BCUT2D eigenvalue weighted by Crippen LogP contribution is -2.35. The van der Waals surface area contributed by atoms with Crippen LogP contribution in [-0.2, 0) is 4.79 Å². The third kappa shape index (κ3) is 3.94. The largest absolute Gasteiger partial charge is 0.397 e. The van der Waals surface area contributed by atoms with Gasteiger partial charge in [-0.15, -0.1) is 0 Å². The predicted molar refractivity (Wildman–Crippen MR) is 67.1 cm³/mol. The predicted octanol–water partition coefficient (Wildman–Crippen LogP) is 1.50. The topological polar surface area (TPSA) is 72.3 Å². The summed E-state index contributed by atoms with van der Waals surface area (Å²) >= 11 is 0. The van der Waals surface area contributed by atoms with Crippen LogP contribution in [0, 0.1) is 5.82 Å². The number of rotatable bonds is 6. The van der Waals surface area contributed by atoms with Crippen LogP contribution in [0.2, 0.25) is 0 Å². The van der Waals surface area contributed by atoms with E-state index >= 15 is 0 Å². The third-order valence-electron chi connectivity index (χ3n) is 2.46. The maximum Gasteiger partial charge on any atom is 0.236 e. The van der Waals surface area contributed by atoms with Gasteiger partial charge >= 0.3 is 0 Å². The fourth-order valence-electron chi connectivity index (χ4n) is 1.61. The van der Waals surface area contributed by atoms with E-state index < -0.39 is 5.91 Å². The van der Waals surface area contributed by atoms with E-state index in [1.807, 2.05) is 6.92 Å².